The molecular formula is C20H27N5O4. The number of non-ortho nitro benzene ring substituents is 1. The van der Waals surface area contributed by atoms with Gasteiger partial charge in [0.25, 0.3) is 11.6 Å². The van der Waals surface area contributed by atoms with E-state index in [9.17, 15) is 20.2 Å². The molecule has 29 heavy (non-hydrogen) atoms. The van der Waals surface area contributed by atoms with Crippen LogP contribution in [-0.4, -0.2) is 40.0 Å². The zero-order valence-electron chi connectivity index (χ0n) is 17.4. The van der Waals surface area contributed by atoms with Crippen molar-refractivity contribution in [3.05, 3.63) is 40.1 Å². The van der Waals surface area contributed by atoms with Crippen LogP contribution in [0.25, 0.3) is 0 Å². The molecule has 1 aliphatic rings. The number of nitrogens with two attached hydrogens (primary N) is 1. The van der Waals surface area contributed by atoms with Crippen molar-refractivity contribution in [2.45, 2.75) is 57.7 Å². The fourth-order valence-electron chi connectivity index (χ4n) is 4.07. The summed E-state index contributed by atoms with van der Waals surface area (Å²) >= 11 is 0. The van der Waals surface area contributed by atoms with Gasteiger partial charge in [-0.05, 0) is 46.6 Å². The summed E-state index contributed by atoms with van der Waals surface area (Å²) in [6, 6.07) is 5.83. The van der Waals surface area contributed by atoms with E-state index in [1.54, 1.807) is 6.20 Å². The van der Waals surface area contributed by atoms with E-state index in [0.29, 0.717) is 0 Å². The molecule has 9 heteroatoms. The van der Waals surface area contributed by atoms with Crippen LogP contribution < -0.4 is 15.8 Å². The van der Waals surface area contributed by atoms with Gasteiger partial charge in [0, 0.05) is 29.4 Å². The van der Waals surface area contributed by atoms with Crippen molar-refractivity contribution in [3.63, 3.8) is 0 Å². The number of amides is 1. The molecule has 156 valence electrons. The number of piperidine rings is 1. The number of likely N-dealkylation sites (tertiary alicyclic amines) is 1. The van der Waals surface area contributed by atoms with Crippen LogP contribution in [0, 0.1) is 21.4 Å². The predicted octanol–water partition coefficient (Wildman–Crippen LogP) is 2.93. The fourth-order valence-corrected chi connectivity index (χ4v) is 4.07. The quantitative estimate of drug-likeness (QED) is 0.335. The molecule has 0 aliphatic carbocycles. The molecule has 9 nitrogen and oxygen atoms in total. The first-order chi connectivity index (χ1) is 13.4. The largest absolute Gasteiger partial charge is 0.494 e. The Kier molecular flexibility index (Phi) is 6.18. The van der Waals surface area contributed by atoms with E-state index >= 15 is 0 Å². The molecule has 1 saturated heterocycles. The maximum atomic E-state index is 12.7. The summed E-state index contributed by atoms with van der Waals surface area (Å²) in [6.45, 7) is 8.10. The molecule has 1 aliphatic heterocycles. The summed E-state index contributed by atoms with van der Waals surface area (Å²) in [6.07, 6.45) is 3.02. The normalized spacial score (nSPS) is 18.7. The SMILES string of the molecule is COc1cc([N+](=O)[O-])ccc1NC(=O)/C(C#N)=C\N1C(C)(C)CC(N)CC1(C)C. The van der Waals surface area contributed by atoms with Gasteiger partial charge >= 0.3 is 0 Å². The number of nitrogens with zero attached hydrogens (tertiary/aromatic N) is 3. The molecule has 1 heterocycles. The Bertz CT molecular complexity index is 867. The predicted molar refractivity (Wildman–Crippen MR) is 109 cm³/mol. The van der Waals surface area contributed by atoms with Gasteiger partial charge in [-0.3, -0.25) is 14.9 Å². The number of nitriles is 1. The number of ether oxygens (including phenoxy) is 1. The van der Waals surface area contributed by atoms with E-state index in [1.807, 2.05) is 38.7 Å². The van der Waals surface area contributed by atoms with Gasteiger partial charge in [0.2, 0.25) is 0 Å². The number of carbonyl (C=O) groups is 1. The van der Waals surface area contributed by atoms with Crippen molar-refractivity contribution >= 4 is 17.3 Å². The molecule has 1 aromatic carbocycles. The minimum atomic E-state index is -0.624. The van der Waals surface area contributed by atoms with Crippen molar-refractivity contribution in [2.24, 2.45) is 5.73 Å². The van der Waals surface area contributed by atoms with Crippen LogP contribution in [0.2, 0.25) is 0 Å². The van der Waals surface area contributed by atoms with Crippen LogP contribution in [0.3, 0.4) is 0 Å². The molecule has 0 radical (unpaired) electrons. The number of rotatable bonds is 5. The average molecular weight is 401 g/mol. The lowest BCUT2D eigenvalue weighted by Gasteiger charge is -2.54. The van der Waals surface area contributed by atoms with Crippen LogP contribution in [0.5, 0.6) is 5.75 Å². The molecule has 0 atom stereocenters. The molecule has 2 rings (SSSR count). The number of hydrogen-bond acceptors (Lipinski definition) is 7. The zero-order chi connectivity index (χ0) is 22.0. The highest BCUT2D eigenvalue weighted by Crippen LogP contribution is 2.38. The van der Waals surface area contributed by atoms with E-state index < -0.39 is 10.8 Å². The standard InChI is InChI=1S/C20H27N5O4/c1-19(2)9-14(22)10-20(3,4)24(19)12-13(11-21)18(26)23-16-7-6-15(25(27)28)8-17(16)29-5/h6-8,12,14H,9-10,22H2,1-5H3,(H,23,26)/b13-12-. The third kappa shape index (κ3) is 4.84. The lowest BCUT2D eigenvalue weighted by atomic mass is 9.77. The first-order valence-corrected chi connectivity index (χ1v) is 9.22. The molecular weight excluding hydrogens is 374 g/mol. The summed E-state index contributed by atoms with van der Waals surface area (Å²) in [5.41, 5.74) is 5.50. The minimum absolute atomic E-state index is 0.0355. The molecule has 1 amide bonds. The van der Waals surface area contributed by atoms with Crippen LogP contribution in [-0.2, 0) is 4.79 Å². The van der Waals surface area contributed by atoms with Crippen molar-refractivity contribution in [3.8, 4) is 11.8 Å². The third-order valence-electron chi connectivity index (χ3n) is 5.10. The Morgan fingerprint density at radius 1 is 1.38 bits per heavy atom. The van der Waals surface area contributed by atoms with Gasteiger partial charge in [-0.15, -0.1) is 0 Å². The molecule has 0 saturated carbocycles. The van der Waals surface area contributed by atoms with E-state index in [0.717, 1.165) is 12.8 Å². The van der Waals surface area contributed by atoms with Crippen LogP contribution in [0.4, 0.5) is 11.4 Å². The van der Waals surface area contributed by atoms with Gasteiger partial charge in [-0.1, -0.05) is 0 Å². The van der Waals surface area contributed by atoms with Crippen molar-refractivity contribution in [2.75, 3.05) is 12.4 Å². The van der Waals surface area contributed by atoms with Crippen molar-refractivity contribution < 1.29 is 14.5 Å². The molecule has 0 bridgehead atoms. The van der Waals surface area contributed by atoms with Gasteiger partial charge < -0.3 is 20.7 Å². The second-order valence-corrected chi connectivity index (χ2v) is 8.41. The Morgan fingerprint density at radius 3 is 2.45 bits per heavy atom. The van der Waals surface area contributed by atoms with Crippen molar-refractivity contribution in [1.29, 1.82) is 5.26 Å². The maximum Gasteiger partial charge on any atom is 0.273 e. The number of nitrogens with one attached hydrogen (secondary N) is 1. The number of nitro groups is 1. The Balaban J connectivity index is 2.34. The number of methoxy groups -OCH3 is 1. The number of nitro benzene ring substituents is 1. The molecule has 0 unspecified atom stereocenters. The smallest absolute Gasteiger partial charge is 0.273 e. The Labute approximate surface area is 170 Å². The van der Waals surface area contributed by atoms with E-state index in [1.165, 1.54) is 25.3 Å². The lowest BCUT2D eigenvalue weighted by molar-refractivity contribution is -0.384. The number of carbonyl (C=O) groups excluding carboxylic acids is 1. The highest BCUT2D eigenvalue weighted by atomic mass is 16.6. The van der Waals surface area contributed by atoms with Gasteiger partial charge in [0.05, 0.1) is 23.8 Å². The summed E-state index contributed by atoms with van der Waals surface area (Å²) in [5.74, 6) is -0.490. The number of anilines is 1. The van der Waals surface area contributed by atoms with E-state index in [-0.39, 0.29) is 39.8 Å². The molecule has 1 fully saturated rings. The monoisotopic (exact) mass is 401 g/mol. The summed E-state index contributed by atoms with van der Waals surface area (Å²) in [4.78, 5) is 25.1. The van der Waals surface area contributed by atoms with Crippen LogP contribution in [0.15, 0.2) is 30.0 Å². The van der Waals surface area contributed by atoms with Gasteiger partial charge in [0.15, 0.2) is 0 Å². The molecule has 3 N–H and O–H groups in total. The Morgan fingerprint density at radius 2 is 1.97 bits per heavy atom. The van der Waals surface area contributed by atoms with E-state index in [2.05, 4.69) is 5.32 Å². The molecule has 0 spiro atoms. The second-order valence-electron chi connectivity index (χ2n) is 8.41. The minimum Gasteiger partial charge on any atom is -0.494 e. The number of benzene rings is 1. The summed E-state index contributed by atoms with van der Waals surface area (Å²) < 4.78 is 5.13. The third-order valence-corrected chi connectivity index (χ3v) is 5.10. The first-order valence-electron chi connectivity index (χ1n) is 9.22. The fraction of sp³-hybridized carbons (Fsp3) is 0.500. The van der Waals surface area contributed by atoms with Gasteiger partial charge in [-0.2, -0.15) is 5.26 Å². The summed E-state index contributed by atoms with van der Waals surface area (Å²) in [5, 5.41) is 23.1. The van der Waals surface area contributed by atoms with E-state index in [4.69, 9.17) is 10.5 Å². The summed E-state index contributed by atoms with van der Waals surface area (Å²) in [7, 11) is 1.35. The highest BCUT2D eigenvalue weighted by Gasteiger charge is 2.43. The average Bonchev–Trinajstić information content (AvgIpc) is 2.59. The second kappa shape index (κ2) is 8.09. The lowest BCUT2D eigenvalue weighted by Crippen LogP contribution is -2.61. The van der Waals surface area contributed by atoms with Crippen LogP contribution >= 0.6 is 0 Å². The topological polar surface area (TPSA) is 135 Å². The van der Waals surface area contributed by atoms with Crippen LogP contribution in [0.1, 0.15) is 40.5 Å². The highest BCUT2D eigenvalue weighted by molar-refractivity contribution is 6.07. The molecule has 1 aromatic rings. The first kappa shape index (κ1) is 22.2. The van der Waals surface area contributed by atoms with Crippen molar-refractivity contribution in [1.82, 2.24) is 4.90 Å². The molecule has 0 aromatic heterocycles. The maximum absolute atomic E-state index is 12.7. The van der Waals surface area contributed by atoms with Gasteiger partial charge in [-0.25, -0.2) is 0 Å². The van der Waals surface area contributed by atoms with Gasteiger partial charge in [0.1, 0.15) is 17.4 Å². The zero-order valence-corrected chi connectivity index (χ0v) is 17.4. The Hall–Kier alpha value is -3.12. The number of hydrogen-bond donors (Lipinski definition) is 2.